The predicted octanol–water partition coefficient (Wildman–Crippen LogP) is 4.79. The zero-order valence-electron chi connectivity index (χ0n) is 12.9. The molecule has 0 aromatic heterocycles. The molecule has 2 heteroatoms. The molecule has 0 radical (unpaired) electrons. The van der Waals surface area contributed by atoms with Crippen LogP contribution in [-0.4, -0.2) is 7.11 Å². The van der Waals surface area contributed by atoms with Crippen LogP contribution in [0.25, 0.3) is 0 Å². The molecule has 0 saturated carbocycles. The number of methoxy groups -OCH3 is 1. The lowest BCUT2D eigenvalue weighted by molar-refractivity contribution is 0.407. The van der Waals surface area contributed by atoms with Crippen LogP contribution in [0.5, 0.6) is 5.75 Å². The molecule has 1 atom stereocenters. The van der Waals surface area contributed by atoms with E-state index in [1.165, 1.54) is 27.9 Å². The maximum Gasteiger partial charge on any atom is 0.124 e. The van der Waals surface area contributed by atoms with Gasteiger partial charge in [0.15, 0.2) is 0 Å². The van der Waals surface area contributed by atoms with Crippen molar-refractivity contribution in [2.45, 2.75) is 33.7 Å². The van der Waals surface area contributed by atoms with E-state index < -0.39 is 0 Å². The summed E-state index contributed by atoms with van der Waals surface area (Å²) in [6.45, 7) is 8.53. The van der Waals surface area contributed by atoms with E-state index in [2.05, 4.69) is 69.4 Å². The Morgan fingerprint density at radius 3 is 2.50 bits per heavy atom. The van der Waals surface area contributed by atoms with Crippen LogP contribution in [-0.2, 0) is 0 Å². The number of benzene rings is 2. The molecule has 0 amide bonds. The summed E-state index contributed by atoms with van der Waals surface area (Å²) >= 11 is 0. The lowest BCUT2D eigenvalue weighted by Gasteiger charge is -2.20. The molecule has 0 spiro atoms. The highest BCUT2D eigenvalue weighted by Gasteiger charge is 2.12. The Kier molecular flexibility index (Phi) is 4.33. The number of anilines is 1. The highest BCUT2D eigenvalue weighted by Crippen LogP contribution is 2.30. The monoisotopic (exact) mass is 269 g/mol. The molecule has 0 fully saturated rings. The third-order valence-electron chi connectivity index (χ3n) is 3.83. The molecule has 1 N–H and O–H groups in total. The molecular weight excluding hydrogens is 246 g/mol. The van der Waals surface area contributed by atoms with Gasteiger partial charge in [0.1, 0.15) is 5.75 Å². The summed E-state index contributed by atoms with van der Waals surface area (Å²) in [5.74, 6) is 0.940. The molecular formula is C18H23NO. The highest BCUT2D eigenvalue weighted by atomic mass is 16.5. The van der Waals surface area contributed by atoms with Gasteiger partial charge in [-0.2, -0.15) is 0 Å². The van der Waals surface area contributed by atoms with Crippen molar-refractivity contribution in [1.29, 1.82) is 0 Å². The van der Waals surface area contributed by atoms with Crippen molar-refractivity contribution >= 4 is 5.69 Å². The van der Waals surface area contributed by atoms with Gasteiger partial charge in [-0.1, -0.05) is 24.3 Å². The summed E-state index contributed by atoms with van der Waals surface area (Å²) in [5.41, 5.74) is 6.17. The molecule has 0 aliphatic heterocycles. The molecule has 106 valence electrons. The fraction of sp³-hybridized carbons (Fsp3) is 0.333. The van der Waals surface area contributed by atoms with Gasteiger partial charge >= 0.3 is 0 Å². The van der Waals surface area contributed by atoms with Crippen LogP contribution in [0.2, 0.25) is 0 Å². The predicted molar refractivity (Wildman–Crippen MR) is 85.7 cm³/mol. The van der Waals surface area contributed by atoms with Crippen molar-refractivity contribution in [2.24, 2.45) is 0 Å². The van der Waals surface area contributed by atoms with Crippen LogP contribution in [0.4, 0.5) is 5.69 Å². The number of hydrogen-bond acceptors (Lipinski definition) is 2. The molecule has 1 unspecified atom stereocenters. The Bertz CT molecular complexity index is 604. The summed E-state index contributed by atoms with van der Waals surface area (Å²) in [6, 6.07) is 12.9. The first-order valence-electron chi connectivity index (χ1n) is 7.00. The summed E-state index contributed by atoms with van der Waals surface area (Å²) in [5, 5.41) is 3.58. The molecule has 2 nitrogen and oxygen atoms in total. The minimum Gasteiger partial charge on any atom is -0.496 e. The lowest BCUT2D eigenvalue weighted by Crippen LogP contribution is -2.09. The van der Waals surface area contributed by atoms with E-state index in [1.807, 2.05) is 0 Å². The molecule has 0 heterocycles. The number of aryl methyl sites for hydroxylation is 2. The Morgan fingerprint density at radius 1 is 1.05 bits per heavy atom. The first-order valence-corrected chi connectivity index (χ1v) is 7.00. The molecule has 0 aliphatic carbocycles. The first kappa shape index (κ1) is 14.4. The number of ether oxygens (including phenoxy) is 1. The second kappa shape index (κ2) is 6.00. The Morgan fingerprint density at radius 2 is 1.80 bits per heavy atom. The van der Waals surface area contributed by atoms with Crippen molar-refractivity contribution in [1.82, 2.24) is 0 Å². The Balaban J connectivity index is 2.28. The minimum atomic E-state index is 0.200. The minimum absolute atomic E-state index is 0.200. The van der Waals surface area contributed by atoms with Crippen molar-refractivity contribution < 1.29 is 4.74 Å². The standard InChI is InChI=1S/C18H23NO/c1-12-9-10-16(18(11-12)20-5)15(4)19-17-8-6-7-13(2)14(17)3/h6-11,15,19H,1-5H3. The van der Waals surface area contributed by atoms with E-state index in [4.69, 9.17) is 4.74 Å². The van der Waals surface area contributed by atoms with Gasteiger partial charge in [-0.05, 0) is 56.5 Å². The summed E-state index contributed by atoms with van der Waals surface area (Å²) < 4.78 is 5.50. The summed E-state index contributed by atoms with van der Waals surface area (Å²) in [4.78, 5) is 0. The van der Waals surface area contributed by atoms with Crippen molar-refractivity contribution in [3.63, 3.8) is 0 Å². The van der Waals surface area contributed by atoms with Crippen LogP contribution in [0.1, 0.15) is 35.2 Å². The normalized spacial score (nSPS) is 12.1. The van der Waals surface area contributed by atoms with E-state index in [0.29, 0.717) is 0 Å². The van der Waals surface area contributed by atoms with Gasteiger partial charge in [-0.25, -0.2) is 0 Å². The zero-order chi connectivity index (χ0) is 14.7. The fourth-order valence-corrected chi connectivity index (χ4v) is 2.39. The smallest absolute Gasteiger partial charge is 0.124 e. The van der Waals surface area contributed by atoms with E-state index in [-0.39, 0.29) is 6.04 Å². The quantitative estimate of drug-likeness (QED) is 0.861. The van der Waals surface area contributed by atoms with Crippen molar-refractivity contribution in [3.05, 3.63) is 58.7 Å². The number of nitrogens with one attached hydrogen (secondary N) is 1. The maximum absolute atomic E-state index is 5.50. The molecule has 0 saturated heterocycles. The Hall–Kier alpha value is -1.96. The summed E-state index contributed by atoms with van der Waals surface area (Å²) in [7, 11) is 1.73. The van der Waals surface area contributed by atoms with E-state index in [0.717, 1.165) is 5.75 Å². The van der Waals surface area contributed by atoms with E-state index in [9.17, 15) is 0 Å². The van der Waals surface area contributed by atoms with Gasteiger partial charge in [-0.15, -0.1) is 0 Å². The maximum atomic E-state index is 5.50. The van der Waals surface area contributed by atoms with E-state index in [1.54, 1.807) is 7.11 Å². The molecule has 2 aromatic carbocycles. The zero-order valence-corrected chi connectivity index (χ0v) is 12.9. The SMILES string of the molecule is COc1cc(C)ccc1C(C)Nc1cccc(C)c1C. The average molecular weight is 269 g/mol. The molecule has 2 aromatic rings. The van der Waals surface area contributed by atoms with Crippen LogP contribution < -0.4 is 10.1 Å². The second-order valence-corrected chi connectivity index (χ2v) is 5.36. The average Bonchev–Trinajstić information content (AvgIpc) is 2.43. The number of hydrogen-bond donors (Lipinski definition) is 1. The van der Waals surface area contributed by atoms with Gasteiger partial charge < -0.3 is 10.1 Å². The van der Waals surface area contributed by atoms with Crippen LogP contribution in [0.3, 0.4) is 0 Å². The Labute approximate surface area is 121 Å². The second-order valence-electron chi connectivity index (χ2n) is 5.36. The molecule has 20 heavy (non-hydrogen) atoms. The molecule has 0 bridgehead atoms. The first-order chi connectivity index (χ1) is 9.52. The number of rotatable bonds is 4. The third-order valence-corrected chi connectivity index (χ3v) is 3.83. The van der Waals surface area contributed by atoms with Gasteiger partial charge in [0.25, 0.3) is 0 Å². The van der Waals surface area contributed by atoms with Crippen molar-refractivity contribution in [2.75, 3.05) is 12.4 Å². The highest BCUT2D eigenvalue weighted by molar-refractivity contribution is 5.55. The van der Waals surface area contributed by atoms with Crippen LogP contribution in [0, 0.1) is 20.8 Å². The topological polar surface area (TPSA) is 21.3 Å². The van der Waals surface area contributed by atoms with Gasteiger partial charge in [0.2, 0.25) is 0 Å². The fourth-order valence-electron chi connectivity index (χ4n) is 2.39. The van der Waals surface area contributed by atoms with E-state index >= 15 is 0 Å². The third kappa shape index (κ3) is 2.96. The van der Waals surface area contributed by atoms with Gasteiger partial charge in [0.05, 0.1) is 13.2 Å². The van der Waals surface area contributed by atoms with Crippen LogP contribution in [0.15, 0.2) is 36.4 Å². The molecule has 2 rings (SSSR count). The van der Waals surface area contributed by atoms with Gasteiger partial charge in [-0.3, -0.25) is 0 Å². The lowest BCUT2D eigenvalue weighted by atomic mass is 10.0. The van der Waals surface area contributed by atoms with Crippen LogP contribution >= 0.6 is 0 Å². The summed E-state index contributed by atoms with van der Waals surface area (Å²) in [6.07, 6.45) is 0. The largest absolute Gasteiger partial charge is 0.496 e. The van der Waals surface area contributed by atoms with Crippen molar-refractivity contribution in [3.8, 4) is 5.75 Å². The molecule has 0 aliphatic rings. The van der Waals surface area contributed by atoms with Gasteiger partial charge in [0, 0.05) is 11.3 Å².